The van der Waals surface area contributed by atoms with Crippen LogP contribution >= 0.6 is 0 Å². The van der Waals surface area contributed by atoms with Crippen molar-refractivity contribution in [3.63, 3.8) is 0 Å². The second-order valence-corrected chi connectivity index (χ2v) is 4.04. The highest BCUT2D eigenvalue weighted by Crippen LogP contribution is 2.17. The lowest BCUT2D eigenvalue weighted by Gasteiger charge is -2.08. The van der Waals surface area contributed by atoms with Crippen LogP contribution in [-0.2, 0) is 0 Å². The number of carbonyl (C=O) groups is 2. The minimum atomic E-state index is -0.319. The van der Waals surface area contributed by atoms with Gasteiger partial charge in [-0.25, -0.2) is 0 Å². The molecule has 2 aromatic rings. The van der Waals surface area contributed by atoms with Gasteiger partial charge in [0.1, 0.15) is 0 Å². The fourth-order valence-electron chi connectivity index (χ4n) is 1.68. The highest BCUT2D eigenvalue weighted by Gasteiger charge is 2.11. The molecule has 5 nitrogen and oxygen atoms in total. The summed E-state index contributed by atoms with van der Waals surface area (Å²) >= 11 is 0. The van der Waals surface area contributed by atoms with Gasteiger partial charge in [-0.2, -0.15) is 0 Å². The third-order valence-corrected chi connectivity index (χ3v) is 2.71. The molecule has 1 aromatic heterocycles. The molecule has 2 N–H and O–H groups in total. The summed E-state index contributed by atoms with van der Waals surface area (Å²) in [6.07, 6.45) is 1.44. The van der Waals surface area contributed by atoms with E-state index in [4.69, 9.17) is 4.42 Å². The maximum atomic E-state index is 11.8. The van der Waals surface area contributed by atoms with E-state index in [0.717, 1.165) is 5.56 Å². The molecule has 2 rings (SSSR count). The molecule has 0 atom stereocenters. The molecule has 0 bridgehead atoms. The first-order chi connectivity index (χ1) is 9.11. The van der Waals surface area contributed by atoms with Gasteiger partial charge in [0.05, 0.1) is 6.26 Å². The lowest BCUT2D eigenvalue weighted by Crippen LogP contribution is -2.18. The average molecular weight is 258 g/mol. The summed E-state index contributed by atoms with van der Waals surface area (Å²) in [5.41, 5.74) is 2.01. The van der Waals surface area contributed by atoms with Crippen molar-refractivity contribution < 1.29 is 14.0 Å². The Labute approximate surface area is 110 Å². The van der Waals surface area contributed by atoms with Crippen LogP contribution in [0.25, 0.3) is 0 Å². The van der Waals surface area contributed by atoms with Gasteiger partial charge in [-0.1, -0.05) is 0 Å². The monoisotopic (exact) mass is 258 g/mol. The van der Waals surface area contributed by atoms with Gasteiger partial charge in [-0.05, 0) is 42.8 Å². The number of nitrogens with one attached hydrogen (secondary N) is 2. The first-order valence-electron chi connectivity index (χ1n) is 5.79. The molecular formula is C14H14N2O3. The Balaban J connectivity index is 2.18. The highest BCUT2D eigenvalue weighted by molar-refractivity contribution is 6.03. The van der Waals surface area contributed by atoms with Crippen molar-refractivity contribution in [2.24, 2.45) is 0 Å². The van der Waals surface area contributed by atoms with Gasteiger partial charge in [0.2, 0.25) is 0 Å². The fraction of sp³-hybridized carbons (Fsp3) is 0.143. The predicted octanol–water partition coefficient (Wildman–Crippen LogP) is 2.20. The van der Waals surface area contributed by atoms with Gasteiger partial charge >= 0.3 is 0 Å². The third kappa shape index (κ3) is 2.82. The summed E-state index contributed by atoms with van der Waals surface area (Å²) < 4.78 is 5.01. The molecule has 0 aliphatic rings. The van der Waals surface area contributed by atoms with E-state index in [1.165, 1.54) is 6.26 Å². The topological polar surface area (TPSA) is 71.3 Å². The first kappa shape index (κ1) is 12.9. The largest absolute Gasteiger partial charge is 0.459 e. The summed E-state index contributed by atoms with van der Waals surface area (Å²) in [6, 6.07) is 8.31. The zero-order valence-electron chi connectivity index (χ0n) is 10.7. The SMILES string of the molecule is CNC(=O)c1ccc(NC(=O)c2ccco2)c(C)c1. The smallest absolute Gasteiger partial charge is 0.291 e. The summed E-state index contributed by atoms with van der Waals surface area (Å²) in [4.78, 5) is 23.3. The van der Waals surface area contributed by atoms with Crippen molar-refractivity contribution >= 4 is 17.5 Å². The first-order valence-corrected chi connectivity index (χ1v) is 5.79. The Hall–Kier alpha value is -2.56. The number of amides is 2. The number of carbonyl (C=O) groups excluding carboxylic acids is 2. The van der Waals surface area contributed by atoms with Gasteiger partial charge in [-0.15, -0.1) is 0 Å². The van der Waals surface area contributed by atoms with E-state index in [1.54, 1.807) is 37.4 Å². The number of rotatable bonds is 3. The quantitative estimate of drug-likeness (QED) is 0.886. The molecular weight excluding hydrogens is 244 g/mol. The van der Waals surface area contributed by atoms with Crippen LogP contribution in [-0.4, -0.2) is 18.9 Å². The number of aryl methyl sites for hydroxylation is 1. The molecule has 0 aliphatic heterocycles. The van der Waals surface area contributed by atoms with E-state index in [2.05, 4.69) is 10.6 Å². The fourth-order valence-corrected chi connectivity index (χ4v) is 1.68. The molecule has 0 spiro atoms. The molecule has 2 amide bonds. The van der Waals surface area contributed by atoms with Crippen LogP contribution in [0, 0.1) is 6.92 Å². The molecule has 0 saturated heterocycles. The van der Waals surface area contributed by atoms with Crippen LogP contribution in [0.3, 0.4) is 0 Å². The van der Waals surface area contributed by atoms with Gasteiger partial charge in [0.15, 0.2) is 5.76 Å². The van der Waals surface area contributed by atoms with Crippen LogP contribution in [0.1, 0.15) is 26.5 Å². The Morgan fingerprint density at radius 2 is 1.95 bits per heavy atom. The second-order valence-electron chi connectivity index (χ2n) is 4.04. The normalized spacial score (nSPS) is 10.0. The molecule has 0 fully saturated rings. The van der Waals surface area contributed by atoms with E-state index in [9.17, 15) is 9.59 Å². The summed E-state index contributed by atoms with van der Waals surface area (Å²) in [7, 11) is 1.57. The van der Waals surface area contributed by atoms with Crippen molar-refractivity contribution in [2.45, 2.75) is 6.92 Å². The van der Waals surface area contributed by atoms with Crippen LogP contribution in [0.5, 0.6) is 0 Å². The number of furan rings is 1. The van der Waals surface area contributed by atoms with Gasteiger partial charge in [0, 0.05) is 18.3 Å². The van der Waals surface area contributed by atoms with Crippen LogP contribution in [0.4, 0.5) is 5.69 Å². The second kappa shape index (κ2) is 5.39. The van der Waals surface area contributed by atoms with Crippen molar-refractivity contribution in [3.8, 4) is 0 Å². The Morgan fingerprint density at radius 1 is 1.16 bits per heavy atom. The van der Waals surface area contributed by atoms with Crippen molar-refractivity contribution in [1.82, 2.24) is 5.32 Å². The summed E-state index contributed by atoms with van der Waals surface area (Å²) in [5.74, 6) is -0.234. The van der Waals surface area contributed by atoms with E-state index >= 15 is 0 Å². The Bertz CT molecular complexity index is 603. The van der Waals surface area contributed by atoms with Gasteiger partial charge in [0.25, 0.3) is 11.8 Å². The van der Waals surface area contributed by atoms with Crippen molar-refractivity contribution in [3.05, 3.63) is 53.5 Å². The van der Waals surface area contributed by atoms with E-state index in [1.807, 2.05) is 6.92 Å². The maximum absolute atomic E-state index is 11.8. The highest BCUT2D eigenvalue weighted by atomic mass is 16.3. The summed E-state index contributed by atoms with van der Waals surface area (Å²) in [5, 5.41) is 5.28. The number of benzene rings is 1. The standard InChI is InChI=1S/C14H14N2O3/c1-9-8-10(13(17)15-2)5-6-11(9)16-14(18)12-4-3-7-19-12/h3-8H,1-2H3,(H,15,17)(H,16,18). The zero-order chi connectivity index (χ0) is 13.8. The van der Waals surface area contributed by atoms with Crippen molar-refractivity contribution in [2.75, 3.05) is 12.4 Å². The molecule has 0 saturated carbocycles. The van der Waals surface area contributed by atoms with E-state index in [0.29, 0.717) is 11.3 Å². The maximum Gasteiger partial charge on any atom is 0.291 e. The Kier molecular flexibility index (Phi) is 3.66. The lowest BCUT2D eigenvalue weighted by atomic mass is 10.1. The summed E-state index contributed by atoms with van der Waals surface area (Å²) in [6.45, 7) is 1.82. The molecule has 0 aliphatic carbocycles. The minimum absolute atomic E-state index is 0.160. The molecule has 19 heavy (non-hydrogen) atoms. The molecule has 0 radical (unpaired) electrons. The minimum Gasteiger partial charge on any atom is -0.459 e. The molecule has 1 aromatic carbocycles. The van der Waals surface area contributed by atoms with E-state index in [-0.39, 0.29) is 17.6 Å². The predicted molar refractivity (Wildman–Crippen MR) is 71.2 cm³/mol. The molecule has 98 valence electrons. The van der Waals surface area contributed by atoms with Gasteiger partial charge in [-0.3, -0.25) is 9.59 Å². The molecule has 1 heterocycles. The zero-order valence-corrected chi connectivity index (χ0v) is 10.7. The number of anilines is 1. The van der Waals surface area contributed by atoms with E-state index < -0.39 is 0 Å². The van der Waals surface area contributed by atoms with Crippen LogP contribution < -0.4 is 10.6 Å². The van der Waals surface area contributed by atoms with Gasteiger partial charge < -0.3 is 15.1 Å². The third-order valence-electron chi connectivity index (χ3n) is 2.71. The number of hydrogen-bond donors (Lipinski definition) is 2. The Morgan fingerprint density at radius 3 is 2.53 bits per heavy atom. The molecule has 5 heteroatoms. The van der Waals surface area contributed by atoms with Crippen molar-refractivity contribution in [1.29, 1.82) is 0 Å². The molecule has 0 unspecified atom stereocenters. The average Bonchev–Trinajstić information content (AvgIpc) is 2.94. The lowest BCUT2D eigenvalue weighted by molar-refractivity contribution is 0.0962. The van der Waals surface area contributed by atoms with Crippen LogP contribution in [0.15, 0.2) is 41.0 Å². The van der Waals surface area contributed by atoms with Crippen LogP contribution in [0.2, 0.25) is 0 Å². The number of hydrogen-bond acceptors (Lipinski definition) is 3.